The highest BCUT2D eigenvalue weighted by Crippen LogP contribution is 2.35. The Morgan fingerprint density at radius 2 is 2.00 bits per heavy atom. The molecule has 0 radical (unpaired) electrons. The Labute approximate surface area is 172 Å². The Morgan fingerprint density at radius 3 is 2.69 bits per heavy atom. The highest BCUT2D eigenvalue weighted by molar-refractivity contribution is 7.11. The Bertz CT molecular complexity index is 862. The van der Waals surface area contributed by atoms with Crippen LogP contribution in [0.25, 0.3) is 11.3 Å². The second-order valence-electron chi connectivity index (χ2n) is 7.65. The van der Waals surface area contributed by atoms with Crippen molar-refractivity contribution in [2.45, 2.75) is 32.6 Å². The Morgan fingerprint density at radius 1 is 1.24 bits per heavy atom. The number of halogens is 2. The van der Waals surface area contributed by atoms with Crippen LogP contribution >= 0.6 is 11.3 Å². The lowest BCUT2D eigenvalue weighted by molar-refractivity contribution is -0.144. The number of nitrogens with zero attached hydrogens (tertiary/aromatic N) is 2. The number of anilines is 1. The molecule has 2 fully saturated rings. The van der Waals surface area contributed by atoms with E-state index >= 15 is 0 Å². The van der Waals surface area contributed by atoms with E-state index in [0.29, 0.717) is 55.1 Å². The molecular formula is C21H24F2N2O3S. The molecule has 156 valence electrons. The van der Waals surface area contributed by atoms with E-state index in [0.717, 1.165) is 0 Å². The van der Waals surface area contributed by atoms with Gasteiger partial charge in [0.2, 0.25) is 0 Å². The zero-order valence-corrected chi connectivity index (χ0v) is 17.1. The number of benzene rings is 1. The van der Waals surface area contributed by atoms with Gasteiger partial charge >= 0.3 is 5.97 Å². The first-order chi connectivity index (χ1) is 14.0. The normalized spacial score (nSPS) is 18.9. The number of aromatic nitrogens is 1. The standard InChI is InChI=1S/C21H24F2N2O3S/c1-2-27-19(26)7-14-5-6-25(10-14)20-16(22)8-15(9-17(20)23)18-12-29-21(24-18)28-11-13-3-4-13/h8-9,12-14H,2-7,10-11H2,1H3. The van der Waals surface area contributed by atoms with Gasteiger partial charge in [-0.1, -0.05) is 11.3 Å². The van der Waals surface area contributed by atoms with Gasteiger partial charge < -0.3 is 14.4 Å². The van der Waals surface area contributed by atoms with E-state index < -0.39 is 11.6 Å². The summed E-state index contributed by atoms with van der Waals surface area (Å²) >= 11 is 1.33. The molecule has 1 unspecified atom stereocenters. The fraction of sp³-hybridized carbons (Fsp3) is 0.524. The predicted molar refractivity (Wildman–Crippen MR) is 107 cm³/mol. The lowest BCUT2D eigenvalue weighted by Gasteiger charge is -2.20. The molecule has 1 aliphatic carbocycles. The predicted octanol–water partition coefficient (Wildman–Crippen LogP) is 4.66. The molecule has 1 aromatic heterocycles. The number of ether oxygens (including phenoxy) is 2. The van der Waals surface area contributed by atoms with Crippen molar-refractivity contribution in [1.29, 1.82) is 0 Å². The highest BCUT2D eigenvalue weighted by atomic mass is 32.1. The Hall–Kier alpha value is -2.22. The lowest BCUT2D eigenvalue weighted by atomic mass is 10.1. The summed E-state index contributed by atoms with van der Waals surface area (Å²) in [6.07, 6.45) is 3.35. The molecule has 1 aliphatic heterocycles. The molecule has 1 saturated carbocycles. The van der Waals surface area contributed by atoms with Crippen LogP contribution in [-0.4, -0.2) is 37.3 Å². The van der Waals surface area contributed by atoms with Crippen molar-refractivity contribution in [1.82, 2.24) is 4.98 Å². The molecule has 0 N–H and O–H groups in total. The highest BCUT2D eigenvalue weighted by Gasteiger charge is 2.29. The summed E-state index contributed by atoms with van der Waals surface area (Å²) in [7, 11) is 0. The van der Waals surface area contributed by atoms with Crippen LogP contribution in [0.2, 0.25) is 0 Å². The van der Waals surface area contributed by atoms with Crippen molar-refractivity contribution >= 4 is 23.0 Å². The van der Waals surface area contributed by atoms with E-state index in [2.05, 4.69) is 4.98 Å². The van der Waals surface area contributed by atoms with Gasteiger partial charge in [-0.2, -0.15) is 0 Å². The SMILES string of the molecule is CCOC(=O)CC1CCN(c2c(F)cc(-c3csc(OCC4CC4)n3)cc2F)C1. The van der Waals surface area contributed by atoms with Gasteiger partial charge in [0.05, 0.1) is 25.3 Å². The maximum atomic E-state index is 14.8. The van der Waals surface area contributed by atoms with E-state index in [-0.39, 0.29) is 24.0 Å². The van der Waals surface area contributed by atoms with Crippen molar-refractivity contribution < 1.29 is 23.0 Å². The van der Waals surface area contributed by atoms with Gasteiger partial charge in [0.15, 0.2) is 0 Å². The average molecular weight is 422 g/mol. The fourth-order valence-electron chi connectivity index (χ4n) is 3.60. The van der Waals surface area contributed by atoms with Gasteiger partial charge in [-0.3, -0.25) is 4.79 Å². The molecule has 0 amide bonds. The van der Waals surface area contributed by atoms with Crippen LogP contribution in [0.1, 0.15) is 32.6 Å². The molecule has 8 heteroatoms. The van der Waals surface area contributed by atoms with E-state index in [4.69, 9.17) is 9.47 Å². The van der Waals surface area contributed by atoms with Crippen LogP contribution in [0.5, 0.6) is 5.19 Å². The van der Waals surface area contributed by atoms with Crippen molar-refractivity contribution in [3.8, 4) is 16.5 Å². The number of hydrogen-bond acceptors (Lipinski definition) is 6. The molecular weight excluding hydrogens is 398 g/mol. The topological polar surface area (TPSA) is 51.7 Å². The number of rotatable bonds is 8. The number of carbonyl (C=O) groups excluding carboxylic acids is 1. The van der Waals surface area contributed by atoms with Crippen LogP contribution in [0.4, 0.5) is 14.5 Å². The second kappa shape index (κ2) is 8.65. The van der Waals surface area contributed by atoms with Crippen LogP contribution in [0, 0.1) is 23.5 Å². The number of esters is 1. The van der Waals surface area contributed by atoms with Crippen LogP contribution < -0.4 is 9.64 Å². The quantitative estimate of drug-likeness (QED) is 0.580. The Balaban J connectivity index is 1.44. The largest absolute Gasteiger partial charge is 0.470 e. The summed E-state index contributed by atoms with van der Waals surface area (Å²) < 4.78 is 40.2. The van der Waals surface area contributed by atoms with Gasteiger partial charge in [0.25, 0.3) is 5.19 Å². The van der Waals surface area contributed by atoms with Crippen molar-refractivity contribution in [3.05, 3.63) is 29.1 Å². The van der Waals surface area contributed by atoms with E-state index in [9.17, 15) is 13.6 Å². The van der Waals surface area contributed by atoms with Crippen LogP contribution in [0.3, 0.4) is 0 Å². The minimum atomic E-state index is -0.620. The van der Waals surface area contributed by atoms with Gasteiger partial charge in [-0.05, 0) is 50.2 Å². The van der Waals surface area contributed by atoms with Crippen LogP contribution in [-0.2, 0) is 9.53 Å². The molecule has 2 aliphatic rings. The molecule has 1 saturated heterocycles. The third-order valence-electron chi connectivity index (χ3n) is 5.30. The first-order valence-electron chi connectivity index (χ1n) is 10.0. The van der Waals surface area contributed by atoms with Gasteiger partial charge in [0, 0.05) is 24.0 Å². The van der Waals surface area contributed by atoms with E-state index in [1.807, 2.05) is 0 Å². The maximum absolute atomic E-state index is 14.8. The van der Waals surface area contributed by atoms with Crippen molar-refractivity contribution in [3.63, 3.8) is 0 Å². The summed E-state index contributed by atoms with van der Waals surface area (Å²) in [5.41, 5.74) is 0.857. The Kier molecular flexibility index (Phi) is 5.99. The first-order valence-corrected chi connectivity index (χ1v) is 10.9. The van der Waals surface area contributed by atoms with Gasteiger partial charge in [0.1, 0.15) is 17.3 Å². The summed E-state index contributed by atoms with van der Waals surface area (Å²) in [6.45, 7) is 3.69. The molecule has 2 heterocycles. The van der Waals surface area contributed by atoms with Crippen molar-refractivity contribution in [2.75, 3.05) is 31.2 Å². The van der Waals surface area contributed by atoms with E-state index in [1.165, 1.54) is 36.3 Å². The monoisotopic (exact) mass is 422 g/mol. The summed E-state index contributed by atoms with van der Waals surface area (Å²) in [6, 6.07) is 2.63. The zero-order chi connectivity index (χ0) is 20.4. The molecule has 29 heavy (non-hydrogen) atoms. The molecule has 2 aromatic rings. The van der Waals surface area contributed by atoms with Gasteiger partial charge in [-0.25, -0.2) is 13.8 Å². The van der Waals surface area contributed by atoms with Gasteiger partial charge in [-0.15, -0.1) is 0 Å². The maximum Gasteiger partial charge on any atom is 0.306 e. The summed E-state index contributed by atoms with van der Waals surface area (Å²) in [4.78, 5) is 17.7. The van der Waals surface area contributed by atoms with Crippen LogP contribution in [0.15, 0.2) is 17.5 Å². The summed E-state index contributed by atoms with van der Waals surface area (Å²) in [5, 5.41) is 2.28. The molecule has 0 spiro atoms. The second-order valence-corrected chi connectivity index (χ2v) is 8.47. The van der Waals surface area contributed by atoms with Crippen molar-refractivity contribution in [2.24, 2.45) is 11.8 Å². The fourth-order valence-corrected chi connectivity index (χ4v) is 4.29. The zero-order valence-electron chi connectivity index (χ0n) is 16.3. The van der Waals surface area contributed by atoms with E-state index in [1.54, 1.807) is 17.2 Å². The summed E-state index contributed by atoms with van der Waals surface area (Å²) in [5.74, 6) is -0.851. The number of carbonyl (C=O) groups is 1. The molecule has 0 bridgehead atoms. The molecule has 4 rings (SSSR count). The molecule has 5 nitrogen and oxygen atoms in total. The lowest BCUT2D eigenvalue weighted by Crippen LogP contribution is -2.23. The third-order valence-corrected chi connectivity index (χ3v) is 6.05. The minimum Gasteiger partial charge on any atom is -0.470 e. The third kappa shape index (κ3) is 4.86. The number of hydrogen-bond donors (Lipinski definition) is 0. The smallest absolute Gasteiger partial charge is 0.306 e. The molecule has 1 aromatic carbocycles. The molecule has 1 atom stereocenters. The average Bonchev–Trinajstić information content (AvgIpc) is 3.19. The number of thiazole rings is 1. The minimum absolute atomic E-state index is 0.0391. The first kappa shape index (κ1) is 20.1.